The summed E-state index contributed by atoms with van der Waals surface area (Å²) in [5.74, 6) is -1.24. The van der Waals surface area contributed by atoms with E-state index in [0.717, 1.165) is 31.6 Å². The van der Waals surface area contributed by atoms with Crippen LogP contribution in [0.5, 0.6) is 0 Å². The summed E-state index contributed by atoms with van der Waals surface area (Å²) in [6, 6.07) is 3.40. The molecule has 0 radical (unpaired) electrons. The van der Waals surface area contributed by atoms with Gasteiger partial charge >= 0.3 is 12.1 Å². The van der Waals surface area contributed by atoms with Crippen molar-refractivity contribution in [3.63, 3.8) is 0 Å². The van der Waals surface area contributed by atoms with Crippen molar-refractivity contribution in [3.05, 3.63) is 17.7 Å². The van der Waals surface area contributed by atoms with Gasteiger partial charge in [0.25, 0.3) is 5.91 Å². The summed E-state index contributed by atoms with van der Waals surface area (Å²) in [6.07, 6.45) is -1.22. The minimum Gasteiger partial charge on any atom is -0.481 e. The summed E-state index contributed by atoms with van der Waals surface area (Å²) in [7, 11) is 0. The third-order valence-electron chi connectivity index (χ3n) is 6.00. The molecule has 3 rings (SSSR count). The highest BCUT2D eigenvalue weighted by atomic mass is 32.2. The van der Waals surface area contributed by atoms with Gasteiger partial charge in [0.1, 0.15) is 10.8 Å². The number of amides is 1. The SMILES string of the molecule is CCCSc1nc(N2CCCC(CC(=O)O)C2)ccc1C(=O)N1CCC[C@H](C(F)(F)F)C1. The number of aliphatic carboxylic acids is 1. The molecular weight excluding hydrogens is 443 g/mol. The molecule has 2 aliphatic rings. The quantitative estimate of drug-likeness (QED) is 0.580. The smallest absolute Gasteiger partial charge is 0.393 e. The molecule has 6 nitrogen and oxygen atoms in total. The number of carbonyl (C=O) groups excluding carboxylic acids is 1. The van der Waals surface area contributed by atoms with Crippen molar-refractivity contribution < 1.29 is 27.9 Å². The van der Waals surface area contributed by atoms with Crippen LogP contribution in [0.15, 0.2) is 17.2 Å². The second-order valence-electron chi connectivity index (χ2n) is 8.55. The Labute approximate surface area is 190 Å². The van der Waals surface area contributed by atoms with Gasteiger partial charge in [0.05, 0.1) is 11.5 Å². The Bertz CT molecular complexity index is 821. The Balaban J connectivity index is 1.80. The fourth-order valence-corrected chi connectivity index (χ4v) is 5.23. The molecule has 2 atom stereocenters. The molecule has 2 saturated heterocycles. The fraction of sp³-hybridized carbons (Fsp3) is 0.682. The summed E-state index contributed by atoms with van der Waals surface area (Å²) >= 11 is 1.43. The number of carboxylic acid groups (broad SMARTS) is 1. The molecular formula is C22H30F3N3O3S. The summed E-state index contributed by atoms with van der Waals surface area (Å²) in [4.78, 5) is 32.3. The molecule has 1 N–H and O–H groups in total. The van der Waals surface area contributed by atoms with E-state index in [9.17, 15) is 22.8 Å². The first-order valence-corrected chi connectivity index (χ1v) is 12.1. The molecule has 178 valence electrons. The van der Waals surface area contributed by atoms with E-state index < -0.39 is 24.0 Å². The standard InChI is InChI=1S/C22H30F3N3O3S/c1-2-11-32-20-17(21(31)28-10-4-6-16(14-28)22(23,24)25)7-8-18(26-20)27-9-3-5-15(13-27)12-19(29)30/h7-8,15-16H,2-6,9-14H2,1H3,(H,29,30)/t15?,16-/m0/s1. The molecule has 32 heavy (non-hydrogen) atoms. The first kappa shape index (κ1) is 24.7. The minimum atomic E-state index is -4.30. The number of rotatable bonds is 7. The van der Waals surface area contributed by atoms with Crippen LogP contribution >= 0.6 is 11.8 Å². The van der Waals surface area contributed by atoms with E-state index in [-0.39, 0.29) is 25.3 Å². The molecule has 0 aromatic carbocycles. The van der Waals surface area contributed by atoms with Crippen molar-refractivity contribution in [3.8, 4) is 0 Å². The predicted octanol–water partition coefficient (Wildman–Crippen LogP) is 4.69. The van der Waals surface area contributed by atoms with Gasteiger partial charge in [-0.25, -0.2) is 4.98 Å². The Morgan fingerprint density at radius 2 is 1.94 bits per heavy atom. The third kappa shape index (κ3) is 6.30. The number of anilines is 1. The number of piperidine rings is 2. The summed E-state index contributed by atoms with van der Waals surface area (Å²) in [5.41, 5.74) is 0.342. The second kappa shape index (κ2) is 10.8. The number of pyridine rings is 1. The lowest BCUT2D eigenvalue weighted by molar-refractivity contribution is -0.184. The number of hydrogen-bond acceptors (Lipinski definition) is 5. The number of carboxylic acids is 1. The lowest BCUT2D eigenvalue weighted by Crippen LogP contribution is -2.44. The van der Waals surface area contributed by atoms with E-state index in [1.165, 1.54) is 16.7 Å². The van der Waals surface area contributed by atoms with Crippen molar-refractivity contribution in [2.75, 3.05) is 36.8 Å². The summed E-state index contributed by atoms with van der Waals surface area (Å²) in [5, 5.41) is 9.64. The van der Waals surface area contributed by atoms with Crippen molar-refractivity contribution >= 4 is 29.5 Å². The number of alkyl halides is 3. The van der Waals surface area contributed by atoms with Crippen LogP contribution in [-0.2, 0) is 4.79 Å². The number of aromatic nitrogens is 1. The highest BCUT2D eigenvalue weighted by molar-refractivity contribution is 7.99. The second-order valence-corrected chi connectivity index (χ2v) is 9.64. The average Bonchev–Trinajstić information content (AvgIpc) is 2.76. The van der Waals surface area contributed by atoms with Crippen molar-refractivity contribution in [1.29, 1.82) is 0 Å². The fourth-order valence-electron chi connectivity index (χ4n) is 4.36. The van der Waals surface area contributed by atoms with E-state index in [0.29, 0.717) is 35.9 Å². The maximum absolute atomic E-state index is 13.2. The molecule has 10 heteroatoms. The molecule has 1 aromatic rings. The number of carbonyl (C=O) groups is 2. The molecule has 0 bridgehead atoms. The maximum atomic E-state index is 13.2. The zero-order valence-corrected chi connectivity index (χ0v) is 19.1. The van der Waals surface area contributed by atoms with Gasteiger partial charge in [-0.15, -0.1) is 11.8 Å². The van der Waals surface area contributed by atoms with Crippen LogP contribution in [-0.4, -0.2) is 65.0 Å². The zero-order chi connectivity index (χ0) is 23.3. The predicted molar refractivity (Wildman–Crippen MR) is 117 cm³/mol. The van der Waals surface area contributed by atoms with Crippen LogP contribution in [0, 0.1) is 11.8 Å². The maximum Gasteiger partial charge on any atom is 0.393 e. The van der Waals surface area contributed by atoms with Crippen LogP contribution in [0.25, 0.3) is 0 Å². The molecule has 2 fully saturated rings. The van der Waals surface area contributed by atoms with Gasteiger partial charge in [0.2, 0.25) is 0 Å². The van der Waals surface area contributed by atoms with Gasteiger partial charge in [0.15, 0.2) is 0 Å². The number of halogens is 3. The van der Waals surface area contributed by atoms with Gasteiger partial charge in [-0.2, -0.15) is 13.2 Å². The number of hydrogen-bond donors (Lipinski definition) is 1. The lowest BCUT2D eigenvalue weighted by atomic mass is 9.95. The van der Waals surface area contributed by atoms with Crippen molar-refractivity contribution in [2.45, 2.75) is 56.7 Å². The number of thioether (sulfide) groups is 1. The lowest BCUT2D eigenvalue weighted by Gasteiger charge is -2.35. The van der Waals surface area contributed by atoms with Crippen molar-refractivity contribution in [2.24, 2.45) is 11.8 Å². The molecule has 1 amide bonds. The summed E-state index contributed by atoms with van der Waals surface area (Å²) in [6.45, 7) is 3.36. The molecule has 2 aliphatic heterocycles. The van der Waals surface area contributed by atoms with Gasteiger partial charge in [-0.1, -0.05) is 6.92 Å². The first-order chi connectivity index (χ1) is 15.2. The van der Waals surface area contributed by atoms with Gasteiger partial charge in [-0.3, -0.25) is 9.59 Å². The third-order valence-corrected chi connectivity index (χ3v) is 7.19. The Morgan fingerprint density at radius 1 is 1.19 bits per heavy atom. The van der Waals surface area contributed by atoms with Crippen LogP contribution in [0.1, 0.15) is 55.8 Å². The van der Waals surface area contributed by atoms with Crippen LogP contribution < -0.4 is 4.90 Å². The largest absolute Gasteiger partial charge is 0.481 e. The van der Waals surface area contributed by atoms with E-state index in [1.807, 2.05) is 11.8 Å². The molecule has 0 spiro atoms. The van der Waals surface area contributed by atoms with Crippen LogP contribution in [0.4, 0.5) is 19.0 Å². The highest BCUT2D eigenvalue weighted by Crippen LogP contribution is 2.35. The normalized spacial score (nSPS) is 22.1. The Hall–Kier alpha value is -1.97. The van der Waals surface area contributed by atoms with E-state index in [4.69, 9.17) is 10.1 Å². The van der Waals surface area contributed by atoms with E-state index in [2.05, 4.69) is 0 Å². The monoisotopic (exact) mass is 473 g/mol. The number of likely N-dealkylation sites (tertiary alicyclic amines) is 1. The molecule has 1 aromatic heterocycles. The molecule has 0 saturated carbocycles. The number of nitrogens with zero attached hydrogens (tertiary/aromatic N) is 3. The highest BCUT2D eigenvalue weighted by Gasteiger charge is 2.43. The summed E-state index contributed by atoms with van der Waals surface area (Å²) < 4.78 is 39.6. The first-order valence-electron chi connectivity index (χ1n) is 11.2. The average molecular weight is 474 g/mol. The molecule has 1 unspecified atom stereocenters. The minimum absolute atomic E-state index is 0.0451. The Morgan fingerprint density at radius 3 is 2.62 bits per heavy atom. The van der Waals surface area contributed by atoms with Crippen molar-refractivity contribution in [1.82, 2.24) is 9.88 Å². The van der Waals surface area contributed by atoms with E-state index >= 15 is 0 Å². The molecule has 3 heterocycles. The van der Waals surface area contributed by atoms with E-state index in [1.54, 1.807) is 12.1 Å². The molecule has 0 aliphatic carbocycles. The topological polar surface area (TPSA) is 73.7 Å². The van der Waals surface area contributed by atoms with Gasteiger partial charge in [0, 0.05) is 32.6 Å². The Kier molecular flexibility index (Phi) is 8.30. The van der Waals surface area contributed by atoms with Gasteiger partial charge < -0.3 is 14.9 Å². The zero-order valence-electron chi connectivity index (χ0n) is 18.2. The van der Waals surface area contributed by atoms with Gasteiger partial charge in [-0.05, 0) is 55.9 Å². The van der Waals surface area contributed by atoms with Crippen LogP contribution in [0.3, 0.4) is 0 Å². The van der Waals surface area contributed by atoms with Crippen LogP contribution in [0.2, 0.25) is 0 Å².